The van der Waals surface area contributed by atoms with Gasteiger partial charge in [0.05, 0.1) is 11.7 Å². The van der Waals surface area contributed by atoms with E-state index in [1.807, 2.05) is 11.3 Å². The van der Waals surface area contributed by atoms with Crippen LogP contribution in [0.5, 0.6) is 0 Å². The van der Waals surface area contributed by atoms with E-state index in [4.69, 9.17) is 4.98 Å². The molecule has 0 spiro atoms. The van der Waals surface area contributed by atoms with Gasteiger partial charge in [0.2, 0.25) is 0 Å². The summed E-state index contributed by atoms with van der Waals surface area (Å²) in [5.41, 5.74) is 1.39. The summed E-state index contributed by atoms with van der Waals surface area (Å²) >= 11 is 1.95. The molecule has 2 nitrogen and oxygen atoms in total. The average molecular weight is 252 g/mol. The SMILES string of the molecule is CCCCC(NC(C)C)c1nc2c(s1)CCC2. The highest BCUT2D eigenvalue weighted by Crippen LogP contribution is 2.32. The Bertz CT molecular complexity index is 336. The highest BCUT2D eigenvalue weighted by atomic mass is 32.1. The molecule has 3 heteroatoms. The zero-order valence-electron chi connectivity index (χ0n) is 11.3. The van der Waals surface area contributed by atoms with Crippen molar-refractivity contribution in [3.05, 3.63) is 15.6 Å². The molecule has 0 amide bonds. The molecule has 1 aromatic rings. The summed E-state index contributed by atoms with van der Waals surface area (Å²) in [4.78, 5) is 6.40. The number of aryl methyl sites for hydroxylation is 2. The molecule has 2 rings (SSSR count). The van der Waals surface area contributed by atoms with Gasteiger partial charge in [0.15, 0.2) is 0 Å². The molecule has 1 heterocycles. The van der Waals surface area contributed by atoms with Crippen LogP contribution in [0.25, 0.3) is 0 Å². The number of fused-ring (bicyclic) bond motifs is 1. The molecule has 0 bridgehead atoms. The predicted octanol–water partition coefficient (Wildman–Crippen LogP) is 3.86. The van der Waals surface area contributed by atoms with Crippen LogP contribution in [0.4, 0.5) is 0 Å². The zero-order chi connectivity index (χ0) is 12.3. The molecule has 0 saturated heterocycles. The Morgan fingerprint density at radius 1 is 1.35 bits per heavy atom. The van der Waals surface area contributed by atoms with Crippen molar-refractivity contribution in [2.75, 3.05) is 0 Å². The van der Waals surface area contributed by atoms with E-state index < -0.39 is 0 Å². The maximum atomic E-state index is 4.85. The van der Waals surface area contributed by atoms with Crippen LogP contribution in [0.2, 0.25) is 0 Å². The third-order valence-corrected chi connectivity index (χ3v) is 4.56. The highest BCUT2D eigenvalue weighted by Gasteiger charge is 2.21. The van der Waals surface area contributed by atoms with Crippen molar-refractivity contribution in [2.24, 2.45) is 0 Å². The van der Waals surface area contributed by atoms with Gasteiger partial charge >= 0.3 is 0 Å². The fourth-order valence-electron chi connectivity index (χ4n) is 2.45. The maximum Gasteiger partial charge on any atom is 0.110 e. The Morgan fingerprint density at radius 2 is 2.18 bits per heavy atom. The monoisotopic (exact) mass is 252 g/mol. The summed E-state index contributed by atoms with van der Waals surface area (Å²) in [7, 11) is 0. The second-order valence-corrected chi connectivity index (χ2v) is 6.41. The third-order valence-electron chi connectivity index (χ3n) is 3.29. The van der Waals surface area contributed by atoms with Crippen molar-refractivity contribution < 1.29 is 0 Å². The van der Waals surface area contributed by atoms with Crippen LogP contribution >= 0.6 is 11.3 Å². The van der Waals surface area contributed by atoms with Gasteiger partial charge in [0.25, 0.3) is 0 Å². The molecule has 0 radical (unpaired) electrons. The summed E-state index contributed by atoms with van der Waals surface area (Å²) in [6.45, 7) is 6.70. The number of hydrogen-bond acceptors (Lipinski definition) is 3. The lowest BCUT2D eigenvalue weighted by atomic mass is 10.1. The topological polar surface area (TPSA) is 24.9 Å². The van der Waals surface area contributed by atoms with E-state index in [9.17, 15) is 0 Å². The Labute approximate surface area is 109 Å². The van der Waals surface area contributed by atoms with Crippen molar-refractivity contribution in [1.82, 2.24) is 10.3 Å². The van der Waals surface area contributed by atoms with Gasteiger partial charge in [-0.3, -0.25) is 0 Å². The van der Waals surface area contributed by atoms with Crippen LogP contribution in [-0.4, -0.2) is 11.0 Å². The summed E-state index contributed by atoms with van der Waals surface area (Å²) in [6.07, 6.45) is 7.55. The van der Waals surface area contributed by atoms with E-state index >= 15 is 0 Å². The Morgan fingerprint density at radius 3 is 2.82 bits per heavy atom. The average Bonchev–Trinajstić information content (AvgIpc) is 2.83. The summed E-state index contributed by atoms with van der Waals surface area (Å²) in [5.74, 6) is 0. The fourth-order valence-corrected chi connectivity index (χ4v) is 3.70. The van der Waals surface area contributed by atoms with Crippen molar-refractivity contribution in [3.63, 3.8) is 0 Å². The van der Waals surface area contributed by atoms with Crippen molar-refractivity contribution >= 4 is 11.3 Å². The first kappa shape index (κ1) is 13.0. The van der Waals surface area contributed by atoms with Gasteiger partial charge in [-0.15, -0.1) is 11.3 Å². The standard InChI is InChI=1S/C14H24N2S/c1-4-5-7-12(15-10(2)3)14-16-11-8-6-9-13(11)17-14/h10,12,15H,4-9H2,1-3H3. The minimum Gasteiger partial charge on any atom is -0.306 e. The molecule has 1 aromatic heterocycles. The molecule has 0 aromatic carbocycles. The van der Waals surface area contributed by atoms with E-state index in [0.29, 0.717) is 12.1 Å². The quantitative estimate of drug-likeness (QED) is 0.831. The Kier molecular flexibility index (Phi) is 4.57. The number of nitrogens with zero attached hydrogens (tertiary/aromatic N) is 1. The molecule has 0 fully saturated rings. The van der Waals surface area contributed by atoms with Gasteiger partial charge in [-0.25, -0.2) is 4.98 Å². The van der Waals surface area contributed by atoms with Crippen molar-refractivity contribution in [3.8, 4) is 0 Å². The normalized spacial score (nSPS) is 16.5. The number of unbranched alkanes of at least 4 members (excludes halogenated alkanes) is 1. The second kappa shape index (κ2) is 5.96. The van der Waals surface area contributed by atoms with E-state index in [1.165, 1.54) is 49.2 Å². The highest BCUT2D eigenvalue weighted by molar-refractivity contribution is 7.11. The minimum atomic E-state index is 0.477. The van der Waals surface area contributed by atoms with Gasteiger partial charge in [-0.2, -0.15) is 0 Å². The molecular weight excluding hydrogens is 228 g/mol. The fraction of sp³-hybridized carbons (Fsp3) is 0.786. The van der Waals surface area contributed by atoms with Crippen LogP contribution in [0.3, 0.4) is 0 Å². The number of aromatic nitrogens is 1. The molecule has 1 aliphatic rings. The third kappa shape index (κ3) is 3.29. The number of thiazole rings is 1. The van der Waals surface area contributed by atoms with Crippen molar-refractivity contribution in [1.29, 1.82) is 0 Å². The van der Waals surface area contributed by atoms with Gasteiger partial charge < -0.3 is 5.32 Å². The maximum absolute atomic E-state index is 4.85. The van der Waals surface area contributed by atoms with Crippen molar-refractivity contribution in [2.45, 2.75) is 71.4 Å². The lowest BCUT2D eigenvalue weighted by molar-refractivity contribution is 0.438. The summed E-state index contributed by atoms with van der Waals surface area (Å²) in [6, 6.07) is 1.01. The zero-order valence-corrected chi connectivity index (χ0v) is 12.1. The van der Waals surface area contributed by atoms with E-state index in [0.717, 1.165) is 0 Å². The van der Waals surface area contributed by atoms with Crippen LogP contribution in [0.15, 0.2) is 0 Å². The van der Waals surface area contributed by atoms with Gasteiger partial charge in [-0.1, -0.05) is 33.6 Å². The second-order valence-electron chi connectivity index (χ2n) is 5.29. The Balaban J connectivity index is 2.07. The first-order valence-electron chi connectivity index (χ1n) is 6.95. The van der Waals surface area contributed by atoms with E-state index in [2.05, 4.69) is 26.1 Å². The molecule has 0 aliphatic heterocycles. The summed E-state index contributed by atoms with van der Waals surface area (Å²) < 4.78 is 0. The predicted molar refractivity (Wildman–Crippen MR) is 74.7 cm³/mol. The molecule has 1 unspecified atom stereocenters. The molecule has 17 heavy (non-hydrogen) atoms. The van der Waals surface area contributed by atoms with Crippen LogP contribution < -0.4 is 5.32 Å². The van der Waals surface area contributed by atoms with Gasteiger partial charge in [-0.05, 0) is 25.7 Å². The molecule has 96 valence electrons. The molecule has 1 atom stereocenters. The molecule has 1 N–H and O–H groups in total. The van der Waals surface area contributed by atoms with Gasteiger partial charge in [0.1, 0.15) is 5.01 Å². The lowest BCUT2D eigenvalue weighted by Gasteiger charge is -2.19. The molecule has 0 saturated carbocycles. The summed E-state index contributed by atoms with van der Waals surface area (Å²) in [5, 5.41) is 5.00. The largest absolute Gasteiger partial charge is 0.306 e. The van der Waals surface area contributed by atoms with Crippen LogP contribution in [0, 0.1) is 0 Å². The number of hydrogen-bond donors (Lipinski definition) is 1. The molecular formula is C14H24N2S. The van der Waals surface area contributed by atoms with Crippen LogP contribution in [-0.2, 0) is 12.8 Å². The Hall–Kier alpha value is -0.410. The lowest BCUT2D eigenvalue weighted by Crippen LogP contribution is -2.28. The number of rotatable bonds is 6. The van der Waals surface area contributed by atoms with Gasteiger partial charge in [0, 0.05) is 10.9 Å². The minimum absolute atomic E-state index is 0.477. The smallest absolute Gasteiger partial charge is 0.110 e. The van der Waals surface area contributed by atoms with E-state index in [1.54, 1.807) is 4.88 Å². The molecule has 1 aliphatic carbocycles. The van der Waals surface area contributed by atoms with E-state index in [-0.39, 0.29) is 0 Å². The first-order chi connectivity index (χ1) is 8.20. The first-order valence-corrected chi connectivity index (χ1v) is 7.77. The van der Waals surface area contributed by atoms with Crippen LogP contribution in [0.1, 0.15) is 68.1 Å². The number of nitrogens with one attached hydrogen (secondary N) is 1.